The van der Waals surface area contributed by atoms with Crippen LogP contribution in [-0.4, -0.2) is 61.6 Å². The molecule has 1 unspecified atom stereocenters. The molecule has 1 aromatic heterocycles. The molecular formula is C15H24N4O2S2. The monoisotopic (exact) mass is 356 g/mol. The lowest BCUT2D eigenvalue weighted by molar-refractivity contribution is 0.230. The number of nitrogens with two attached hydrogens (primary N) is 1. The summed E-state index contributed by atoms with van der Waals surface area (Å²) in [7, 11) is -0.621. The Morgan fingerprint density at radius 3 is 3.00 bits per heavy atom. The van der Waals surface area contributed by atoms with Crippen LogP contribution in [-0.2, 0) is 17.3 Å². The van der Waals surface area contributed by atoms with Crippen LogP contribution in [0.2, 0.25) is 0 Å². The topological polar surface area (TPSA) is 71.7 Å². The van der Waals surface area contributed by atoms with Gasteiger partial charge in [0.2, 0.25) is 5.88 Å². The van der Waals surface area contributed by atoms with Crippen LogP contribution in [0.25, 0.3) is 0 Å². The van der Waals surface area contributed by atoms with Gasteiger partial charge in [0.25, 0.3) is 0 Å². The quantitative estimate of drug-likeness (QED) is 0.763. The molecule has 3 rings (SSSR count). The largest absolute Gasteiger partial charge is 0.476 e. The van der Waals surface area contributed by atoms with Gasteiger partial charge in [0, 0.05) is 72.9 Å². The fourth-order valence-electron chi connectivity index (χ4n) is 2.77. The van der Waals surface area contributed by atoms with Gasteiger partial charge < -0.3 is 10.5 Å². The molecule has 2 fully saturated rings. The lowest BCUT2D eigenvalue weighted by Crippen LogP contribution is -2.38. The first-order valence-electron chi connectivity index (χ1n) is 8.07. The van der Waals surface area contributed by atoms with Crippen molar-refractivity contribution >= 4 is 22.9 Å². The summed E-state index contributed by atoms with van der Waals surface area (Å²) in [5.74, 6) is 2.23. The van der Waals surface area contributed by atoms with Crippen LogP contribution in [0.1, 0.15) is 18.4 Å². The summed E-state index contributed by atoms with van der Waals surface area (Å²) in [6.45, 7) is 4.03. The molecule has 2 saturated heterocycles. The van der Waals surface area contributed by atoms with E-state index in [0.717, 1.165) is 43.1 Å². The summed E-state index contributed by atoms with van der Waals surface area (Å²) < 4.78 is 22.1. The molecule has 0 saturated carbocycles. The average Bonchev–Trinajstić information content (AvgIpc) is 3.02. The fourth-order valence-corrected chi connectivity index (χ4v) is 5.21. The molecule has 1 atom stereocenters. The number of hydrogen-bond donors (Lipinski definition) is 1. The minimum atomic E-state index is -0.621. The van der Waals surface area contributed by atoms with Crippen LogP contribution in [0, 0.1) is 0 Å². The maximum atomic E-state index is 11.4. The molecule has 23 heavy (non-hydrogen) atoms. The first kappa shape index (κ1) is 17.2. The van der Waals surface area contributed by atoms with Crippen molar-refractivity contribution in [2.75, 3.05) is 37.7 Å². The Kier molecular flexibility index (Phi) is 6.29. The van der Waals surface area contributed by atoms with Crippen LogP contribution in [0.5, 0.6) is 5.88 Å². The molecule has 0 aliphatic carbocycles. The zero-order chi connectivity index (χ0) is 16.1. The normalized spacial score (nSPS) is 24.1. The highest BCUT2D eigenvalue weighted by Crippen LogP contribution is 2.29. The van der Waals surface area contributed by atoms with E-state index in [1.165, 1.54) is 6.42 Å². The smallest absolute Gasteiger partial charge is 0.213 e. The van der Waals surface area contributed by atoms with Crippen molar-refractivity contribution in [3.05, 3.63) is 23.9 Å². The average molecular weight is 357 g/mol. The van der Waals surface area contributed by atoms with E-state index in [2.05, 4.69) is 13.6 Å². The third kappa shape index (κ3) is 4.90. The third-order valence-corrected chi connectivity index (χ3v) is 6.70. The van der Waals surface area contributed by atoms with Gasteiger partial charge in [-0.05, 0) is 24.5 Å². The minimum absolute atomic E-state index is 0.399. The van der Waals surface area contributed by atoms with Gasteiger partial charge in [-0.1, -0.05) is 0 Å². The molecule has 128 valence electrons. The number of ether oxygens (including phenoxy) is 1. The van der Waals surface area contributed by atoms with Gasteiger partial charge in [-0.15, -0.1) is 0 Å². The summed E-state index contributed by atoms with van der Waals surface area (Å²) in [4.78, 5) is 4.25. The van der Waals surface area contributed by atoms with Gasteiger partial charge in [0.05, 0.1) is 6.04 Å². The second-order valence-corrected chi connectivity index (χ2v) is 8.66. The van der Waals surface area contributed by atoms with Crippen LogP contribution < -0.4 is 10.5 Å². The molecule has 3 heterocycles. The fraction of sp³-hybridized carbons (Fsp3) is 0.667. The summed E-state index contributed by atoms with van der Waals surface area (Å²) in [6.07, 6.45) is 4.08. The van der Waals surface area contributed by atoms with E-state index in [0.29, 0.717) is 25.1 Å². The second kappa shape index (κ2) is 8.43. The predicted octanol–water partition coefficient (Wildman–Crippen LogP) is 1.01. The molecule has 0 bridgehead atoms. The number of pyridine rings is 1. The Morgan fingerprint density at radius 2 is 2.22 bits per heavy atom. The van der Waals surface area contributed by atoms with E-state index >= 15 is 0 Å². The van der Waals surface area contributed by atoms with Gasteiger partial charge >= 0.3 is 0 Å². The van der Waals surface area contributed by atoms with Crippen molar-refractivity contribution < 1.29 is 8.95 Å². The molecule has 0 aromatic carbocycles. The van der Waals surface area contributed by atoms with E-state index in [9.17, 15) is 4.21 Å². The molecule has 0 spiro atoms. The van der Waals surface area contributed by atoms with Gasteiger partial charge in [-0.25, -0.2) is 13.6 Å². The van der Waals surface area contributed by atoms with Gasteiger partial charge in [-0.2, -0.15) is 0 Å². The molecule has 2 aliphatic rings. The molecule has 2 aliphatic heterocycles. The van der Waals surface area contributed by atoms with Gasteiger partial charge in [-0.3, -0.25) is 4.21 Å². The number of aromatic nitrogens is 1. The lowest BCUT2D eigenvalue weighted by atomic mass is 10.2. The van der Waals surface area contributed by atoms with Crippen molar-refractivity contribution in [3.63, 3.8) is 0 Å². The van der Waals surface area contributed by atoms with E-state index < -0.39 is 10.8 Å². The van der Waals surface area contributed by atoms with Crippen LogP contribution in [0.15, 0.2) is 18.3 Å². The van der Waals surface area contributed by atoms with E-state index in [-0.39, 0.29) is 0 Å². The van der Waals surface area contributed by atoms with Crippen molar-refractivity contribution in [3.8, 4) is 5.88 Å². The zero-order valence-corrected chi connectivity index (χ0v) is 14.9. The number of hydrogen-bond acceptors (Lipinski definition) is 7. The maximum absolute atomic E-state index is 11.4. The van der Waals surface area contributed by atoms with E-state index in [4.69, 9.17) is 10.5 Å². The Morgan fingerprint density at radius 1 is 1.39 bits per heavy atom. The maximum Gasteiger partial charge on any atom is 0.213 e. The van der Waals surface area contributed by atoms with Gasteiger partial charge in [0.15, 0.2) is 0 Å². The zero-order valence-electron chi connectivity index (χ0n) is 13.2. The minimum Gasteiger partial charge on any atom is -0.476 e. The first-order chi connectivity index (χ1) is 11.2. The summed E-state index contributed by atoms with van der Waals surface area (Å²) in [5.41, 5.74) is 6.69. The number of nitrogens with zero attached hydrogens (tertiary/aromatic N) is 3. The molecule has 8 heteroatoms. The third-order valence-electron chi connectivity index (χ3n) is 4.14. The standard InChI is InChI=1S/C15H24N4O2S2/c16-11-13-3-4-17-15(10-13)21-12-14-2-1-5-19(14)22-18-6-8-23(20)9-7-18/h3-4,10,14H,1-2,5-9,11-12,16H2. The highest BCUT2D eigenvalue weighted by molar-refractivity contribution is 7.94. The SMILES string of the molecule is NCc1ccnc(OCC2CCCN2SN2CCS(=O)CC2)c1. The molecule has 0 radical (unpaired) electrons. The molecule has 6 nitrogen and oxygen atoms in total. The Bertz CT molecular complexity index is 536. The molecule has 2 N–H and O–H groups in total. The van der Waals surface area contributed by atoms with Crippen molar-refractivity contribution in [2.24, 2.45) is 5.73 Å². The van der Waals surface area contributed by atoms with E-state index in [1.807, 2.05) is 12.1 Å². The highest BCUT2D eigenvalue weighted by atomic mass is 32.2. The molecular weight excluding hydrogens is 332 g/mol. The predicted molar refractivity (Wildman–Crippen MR) is 94.4 cm³/mol. The Balaban J connectivity index is 1.49. The summed E-state index contributed by atoms with van der Waals surface area (Å²) in [5, 5.41) is 0. The first-order valence-corrected chi connectivity index (χ1v) is 10.3. The van der Waals surface area contributed by atoms with E-state index in [1.54, 1.807) is 18.3 Å². The van der Waals surface area contributed by atoms with Crippen LogP contribution in [0.4, 0.5) is 0 Å². The second-order valence-electron chi connectivity index (χ2n) is 5.81. The Hall–Kier alpha value is -0.670. The summed E-state index contributed by atoms with van der Waals surface area (Å²) >= 11 is 1.79. The van der Waals surface area contributed by atoms with Crippen molar-refractivity contribution in [1.82, 2.24) is 13.6 Å². The van der Waals surface area contributed by atoms with Crippen LogP contribution >= 0.6 is 12.1 Å². The lowest BCUT2D eigenvalue weighted by Gasteiger charge is -2.31. The molecule has 0 amide bonds. The van der Waals surface area contributed by atoms with Gasteiger partial charge in [0.1, 0.15) is 6.61 Å². The summed E-state index contributed by atoms with van der Waals surface area (Å²) in [6, 6.07) is 4.22. The molecule has 1 aromatic rings. The highest BCUT2D eigenvalue weighted by Gasteiger charge is 2.29. The number of rotatable bonds is 6. The van der Waals surface area contributed by atoms with Crippen molar-refractivity contribution in [1.29, 1.82) is 0 Å². The Labute approximate surface area is 144 Å². The van der Waals surface area contributed by atoms with Crippen molar-refractivity contribution in [2.45, 2.75) is 25.4 Å². The van der Waals surface area contributed by atoms with Crippen LogP contribution in [0.3, 0.4) is 0 Å².